The number of rotatable bonds is 5. The summed E-state index contributed by atoms with van der Waals surface area (Å²) in [6.07, 6.45) is 6.38. The van der Waals surface area contributed by atoms with Gasteiger partial charge in [0.05, 0.1) is 11.7 Å². The topological polar surface area (TPSA) is 61.2 Å². The molecule has 0 aliphatic heterocycles. The number of benzene rings is 1. The Labute approximate surface area is 174 Å². The number of carbonyl (C=O) groups is 1. The molecule has 0 spiro atoms. The largest absolute Gasteiger partial charge is 0.461 e. The van der Waals surface area contributed by atoms with Crippen molar-refractivity contribution in [1.82, 2.24) is 9.55 Å². The zero-order valence-corrected chi connectivity index (χ0v) is 17.7. The first-order valence-corrected chi connectivity index (χ1v) is 11.2. The number of hydrogen-bond acceptors (Lipinski definition) is 5. The molecule has 0 amide bonds. The Bertz CT molecular complexity index is 1060. The lowest BCUT2D eigenvalue weighted by molar-refractivity contribution is -0.151. The molecule has 2 aromatic heterocycles. The Kier molecular flexibility index (Phi) is 5.81. The van der Waals surface area contributed by atoms with Crippen LogP contribution in [0.4, 0.5) is 0 Å². The van der Waals surface area contributed by atoms with Gasteiger partial charge in [-0.05, 0) is 49.1 Å². The second kappa shape index (κ2) is 8.49. The van der Waals surface area contributed by atoms with Crippen molar-refractivity contribution in [3.8, 4) is 11.1 Å². The third-order valence-corrected chi connectivity index (χ3v) is 6.68. The van der Waals surface area contributed by atoms with Crippen LogP contribution in [0, 0.1) is 5.92 Å². The van der Waals surface area contributed by atoms with E-state index in [0.717, 1.165) is 43.2 Å². The summed E-state index contributed by atoms with van der Waals surface area (Å²) < 4.78 is 6.98. The molecular weight excluding hydrogens is 384 g/mol. The van der Waals surface area contributed by atoms with Gasteiger partial charge in [0, 0.05) is 10.9 Å². The van der Waals surface area contributed by atoms with Crippen LogP contribution < -0.4 is 5.56 Å². The molecule has 29 heavy (non-hydrogen) atoms. The van der Waals surface area contributed by atoms with Crippen LogP contribution in [0.25, 0.3) is 21.3 Å². The summed E-state index contributed by atoms with van der Waals surface area (Å²) in [5.74, 6) is 0.333. The summed E-state index contributed by atoms with van der Waals surface area (Å²) >= 11 is 1.45. The standard InChI is InChI=1S/C23H26N2O3S/c1-3-16-6-8-17(9-7-16)19-13-29-22-21(19)23(27)25(14-24-22)12-20(26)28-18-10-4-15(2)5-11-18/h6-9,13-15,18H,3-5,10-12H2,1-2H3. The number of aryl methyl sites for hydroxylation is 1. The van der Waals surface area contributed by atoms with E-state index in [2.05, 4.69) is 31.0 Å². The van der Waals surface area contributed by atoms with Gasteiger partial charge in [0.15, 0.2) is 0 Å². The number of hydrogen-bond donors (Lipinski definition) is 0. The maximum Gasteiger partial charge on any atom is 0.326 e. The Morgan fingerprint density at radius 1 is 1.21 bits per heavy atom. The van der Waals surface area contributed by atoms with E-state index in [1.165, 1.54) is 27.8 Å². The number of aromatic nitrogens is 2. The minimum absolute atomic E-state index is 0.0279. The number of thiophene rings is 1. The average Bonchev–Trinajstić information content (AvgIpc) is 3.17. The molecule has 6 heteroatoms. The van der Waals surface area contributed by atoms with E-state index in [1.54, 1.807) is 0 Å². The summed E-state index contributed by atoms with van der Waals surface area (Å²) in [6.45, 7) is 4.25. The fourth-order valence-corrected chi connectivity index (χ4v) is 4.83. The van der Waals surface area contributed by atoms with E-state index in [0.29, 0.717) is 16.1 Å². The monoisotopic (exact) mass is 410 g/mol. The van der Waals surface area contributed by atoms with Gasteiger partial charge in [-0.1, -0.05) is 38.1 Å². The van der Waals surface area contributed by atoms with Crippen LogP contribution in [0.5, 0.6) is 0 Å². The van der Waals surface area contributed by atoms with Gasteiger partial charge in [0.1, 0.15) is 17.5 Å². The van der Waals surface area contributed by atoms with Gasteiger partial charge in [0.2, 0.25) is 0 Å². The number of ether oxygens (including phenoxy) is 1. The molecular formula is C23H26N2O3S. The minimum Gasteiger partial charge on any atom is -0.461 e. The van der Waals surface area contributed by atoms with Crippen LogP contribution >= 0.6 is 11.3 Å². The maximum atomic E-state index is 13.1. The Hall–Kier alpha value is -2.47. The third-order valence-electron chi connectivity index (χ3n) is 5.79. The zero-order chi connectivity index (χ0) is 20.4. The number of nitrogens with zero attached hydrogens (tertiary/aromatic N) is 2. The predicted octanol–water partition coefficient (Wildman–Crippen LogP) is 4.81. The van der Waals surface area contributed by atoms with Crippen molar-refractivity contribution in [2.24, 2.45) is 5.92 Å². The van der Waals surface area contributed by atoms with E-state index >= 15 is 0 Å². The molecule has 0 bridgehead atoms. The summed E-state index contributed by atoms with van der Waals surface area (Å²) in [5.41, 5.74) is 2.92. The van der Waals surface area contributed by atoms with Gasteiger partial charge in [-0.25, -0.2) is 4.98 Å². The SMILES string of the molecule is CCc1ccc(-c2csc3ncn(CC(=O)OC4CCC(C)CC4)c(=O)c23)cc1. The van der Waals surface area contributed by atoms with Gasteiger partial charge >= 0.3 is 5.97 Å². The van der Waals surface area contributed by atoms with Crippen molar-refractivity contribution in [2.45, 2.75) is 58.6 Å². The fraction of sp³-hybridized carbons (Fsp3) is 0.435. The zero-order valence-electron chi connectivity index (χ0n) is 16.9. The summed E-state index contributed by atoms with van der Waals surface area (Å²) in [7, 11) is 0. The van der Waals surface area contributed by atoms with Gasteiger partial charge < -0.3 is 4.74 Å². The molecule has 152 valence electrons. The van der Waals surface area contributed by atoms with E-state index < -0.39 is 0 Å². The lowest BCUT2D eigenvalue weighted by Crippen LogP contribution is -2.29. The lowest BCUT2D eigenvalue weighted by atomic mass is 9.89. The van der Waals surface area contributed by atoms with E-state index in [4.69, 9.17) is 4.74 Å². The molecule has 0 unspecified atom stereocenters. The van der Waals surface area contributed by atoms with Crippen LogP contribution in [0.2, 0.25) is 0 Å². The maximum absolute atomic E-state index is 13.1. The highest BCUT2D eigenvalue weighted by Gasteiger charge is 2.22. The van der Waals surface area contributed by atoms with E-state index in [-0.39, 0.29) is 24.2 Å². The fourth-order valence-electron chi connectivity index (χ4n) is 3.92. The lowest BCUT2D eigenvalue weighted by Gasteiger charge is -2.26. The van der Waals surface area contributed by atoms with Crippen LogP contribution in [0.15, 0.2) is 40.8 Å². The second-order valence-corrected chi connectivity index (χ2v) is 8.79. The number of fused-ring (bicyclic) bond motifs is 1. The highest BCUT2D eigenvalue weighted by atomic mass is 32.1. The van der Waals surface area contributed by atoms with Gasteiger partial charge in [0.25, 0.3) is 5.56 Å². The molecule has 1 aliphatic rings. The third kappa shape index (κ3) is 4.27. The van der Waals surface area contributed by atoms with Crippen molar-refractivity contribution in [2.75, 3.05) is 0 Å². The van der Waals surface area contributed by atoms with Crippen molar-refractivity contribution in [1.29, 1.82) is 0 Å². The Balaban J connectivity index is 1.57. The van der Waals surface area contributed by atoms with Crippen LogP contribution in [0.3, 0.4) is 0 Å². The minimum atomic E-state index is -0.364. The molecule has 2 heterocycles. The highest BCUT2D eigenvalue weighted by Crippen LogP contribution is 2.31. The molecule has 0 saturated heterocycles. The van der Waals surface area contributed by atoms with Crippen molar-refractivity contribution in [3.63, 3.8) is 0 Å². The molecule has 5 nitrogen and oxygen atoms in total. The van der Waals surface area contributed by atoms with E-state index in [1.807, 2.05) is 17.5 Å². The predicted molar refractivity (Wildman–Crippen MR) is 116 cm³/mol. The van der Waals surface area contributed by atoms with Crippen LogP contribution in [0.1, 0.15) is 45.1 Å². The quantitative estimate of drug-likeness (QED) is 0.567. The van der Waals surface area contributed by atoms with Crippen molar-refractivity contribution < 1.29 is 9.53 Å². The summed E-state index contributed by atoms with van der Waals surface area (Å²) in [5, 5.41) is 2.53. The molecule has 0 radical (unpaired) electrons. The highest BCUT2D eigenvalue weighted by molar-refractivity contribution is 7.17. The van der Waals surface area contributed by atoms with Crippen molar-refractivity contribution in [3.05, 3.63) is 51.9 Å². The van der Waals surface area contributed by atoms with Gasteiger partial charge in [-0.15, -0.1) is 11.3 Å². The molecule has 1 fully saturated rings. The Morgan fingerprint density at radius 2 is 1.93 bits per heavy atom. The molecule has 0 N–H and O–H groups in total. The Morgan fingerprint density at radius 3 is 2.62 bits per heavy atom. The van der Waals surface area contributed by atoms with Gasteiger partial charge in [-0.3, -0.25) is 14.2 Å². The number of carbonyl (C=O) groups excluding carboxylic acids is 1. The van der Waals surface area contributed by atoms with E-state index in [9.17, 15) is 9.59 Å². The normalized spacial score (nSPS) is 19.4. The summed E-state index contributed by atoms with van der Waals surface area (Å²) in [4.78, 5) is 30.6. The smallest absolute Gasteiger partial charge is 0.326 e. The average molecular weight is 411 g/mol. The molecule has 4 rings (SSSR count). The second-order valence-electron chi connectivity index (χ2n) is 7.93. The van der Waals surface area contributed by atoms with Crippen LogP contribution in [-0.2, 0) is 22.5 Å². The molecule has 3 aromatic rings. The first-order chi connectivity index (χ1) is 14.0. The first-order valence-electron chi connectivity index (χ1n) is 10.3. The van der Waals surface area contributed by atoms with Crippen LogP contribution in [-0.4, -0.2) is 21.6 Å². The van der Waals surface area contributed by atoms with Gasteiger partial charge in [-0.2, -0.15) is 0 Å². The molecule has 1 saturated carbocycles. The van der Waals surface area contributed by atoms with Crippen molar-refractivity contribution >= 4 is 27.5 Å². The molecule has 1 aliphatic carbocycles. The number of esters is 1. The molecule has 0 atom stereocenters. The molecule has 1 aromatic carbocycles. The first kappa shape index (κ1) is 19.8. The summed E-state index contributed by atoms with van der Waals surface area (Å²) in [6, 6.07) is 8.23.